The number of nitrogens with one attached hydrogen (secondary N) is 4. The van der Waals surface area contributed by atoms with Gasteiger partial charge in [-0.3, -0.25) is 14.8 Å². The summed E-state index contributed by atoms with van der Waals surface area (Å²) in [6.45, 7) is 5.40. The molecule has 1 aliphatic heterocycles. The second kappa shape index (κ2) is 9.50. The lowest BCUT2D eigenvalue weighted by Crippen LogP contribution is -2.45. The minimum absolute atomic E-state index is 0.231. The first kappa shape index (κ1) is 25.8. The van der Waals surface area contributed by atoms with E-state index < -0.39 is 10.9 Å². The van der Waals surface area contributed by atoms with Crippen LogP contribution in [0.1, 0.15) is 44.7 Å². The molecule has 1 amide bonds. The number of carbonyl (C=O) groups is 1. The van der Waals surface area contributed by atoms with Crippen LogP contribution in [0.25, 0.3) is 10.9 Å². The zero-order chi connectivity index (χ0) is 27.2. The zero-order valence-corrected chi connectivity index (χ0v) is 22.4. The van der Waals surface area contributed by atoms with E-state index in [-0.39, 0.29) is 17.3 Å². The Balaban J connectivity index is 1.62. The van der Waals surface area contributed by atoms with E-state index in [1.807, 2.05) is 25.1 Å². The molecule has 1 unspecified atom stereocenters. The van der Waals surface area contributed by atoms with Crippen molar-refractivity contribution in [3.8, 4) is 6.07 Å². The molecule has 2 heterocycles. The molecule has 0 saturated heterocycles. The van der Waals surface area contributed by atoms with Crippen LogP contribution in [0.15, 0.2) is 54.5 Å². The van der Waals surface area contributed by atoms with Gasteiger partial charge in [0.1, 0.15) is 19.7 Å². The summed E-state index contributed by atoms with van der Waals surface area (Å²) in [7, 11) is 1.99. The monoisotopic (exact) mass is 531 g/mol. The van der Waals surface area contributed by atoms with Gasteiger partial charge in [-0.25, -0.2) is 4.39 Å². The van der Waals surface area contributed by atoms with Crippen molar-refractivity contribution in [1.82, 2.24) is 21.0 Å². The molecule has 1 aromatic heterocycles. The fourth-order valence-electron chi connectivity index (χ4n) is 4.35. The minimum Gasteiger partial charge on any atom is -0.378 e. The first-order chi connectivity index (χ1) is 18.0. The molecule has 38 heavy (non-hydrogen) atoms. The summed E-state index contributed by atoms with van der Waals surface area (Å²) in [5, 5.41) is 19.2. The number of amides is 1. The maximum Gasteiger partial charge on any atom is 0.229 e. The highest BCUT2D eigenvalue weighted by atomic mass is 35.5. The highest BCUT2D eigenvalue weighted by Crippen LogP contribution is 2.38. The number of rotatable bonds is 6. The van der Waals surface area contributed by atoms with Crippen molar-refractivity contribution in [2.45, 2.75) is 45.1 Å². The van der Waals surface area contributed by atoms with Crippen molar-refractivity contribution >= 4 is 47.6 Å². The first-order valence-electron chi connectivity index (χ1n) is 12.4. The fraction of sp³-hybridized carbons (Fsp3) is 0.296. The molecule has 0 radical (unpaired) electrons. The van der Waals surface area contributed by atoms with Gasteiger partial charge in [-0.15, -0.1) is 5.53 Å². The maximum atomic E-state index is 13.8. The van der Waals surface area contributed by atoms with Crippen molar-refractivity contribution < 1.29 is 9.18 Å². The van der Waals surface area contributed by atoms with Gasteiger partial charge in [0.05, 0.1) is 32.9 Å². The summed E-state index contributed by atoms with van der Waals surface area (Å²) in [5.74, 6) is -0.566. The quantitative estimate of drug-likeness (QED) is 0.355. The molecule has 11 heteroatoms. The first-order valence-corrected chi connectivity index (χ1v) is 12.8. The van der Waals surface area contributed by atoms with Crippen LogP contribution in [-0.4, -0.2) is 29.8 Å². The molecule has 1 atom stereocenters. The lowest BCUT2D eigenvalue weighted by molar-refractivity contribution is -0.123. The molecule has 0 bridgehead atoms. The van der Waals surface area contributed by atoms with Gasteiger partial charge in [0.2, 0.25) is 5.91 Å². The molecule has 8 nitrogen and oxygen atoms in total. The molecular formula is C27H28BClFN7O. The molecule has 5 rings (SSSR count). The van der Waals surface area contributed by atoms with E-state index in [0.29, 0.717) is 33.3 Å². The second-order valence-electron chi connectivity index (χ2n) is 10.9. The Kier molecular flexibility index (Phi) is 6.45. The topological polar surface area (TPSA) is 105 Å². The van der Waals surface area contributed by atoms with Crippen LogP contribution in [0.5, 0.6) is 0 Å². The molecule has 0 spiro atoms. The Bertz CT molecular complexity index is 1490. The minimum atomic E-state index is -0.823. The Hall–Kier alpha value is -3.81. The van der Waals surface area contributed by atoms with Gasteiger partial charge in [0, 0.05) is 34.9 Å². The predicted octanol–water partition coefficient (Wildman–Crippen LogP) is 4.11. The number of hydrazine groups is 2. The summed E-state index contributed by atoms with van der Waals surface area (Å²) < 4.78 is 13.8. The predicted molar refractivity (Wildman–Crippen MR) is 149 cm³/mol. The van der Waals surface area contributed by atoms with Crippen molar-refractivity contribution in [3.63, 3.8) is 0 Å². The lowest BCUT2D eigenvalue weighted by Gasteiger charge is -2.34. The number of fused-ring (bicyclic) bond motifs is 1. The van der Waals surface area contributed by atoms with Gasteiger partial charge < -0.3 is 16.1 Å². The summed E-state index contributed by atoms with van der Waals surface area (Å²) in [6, 6.07) is 12.4. The van der Waals surface area contributed by atoms with Crippen molar-refractivity contribution in [3.05, 3.63) is 76.5 Å². The third-order valence-corrected chi connectivity index (χ3v) is 7.14. The van der Waals surface area contributed by atoms with Crippen LogP contribution < -0.4 is 21.6 Å². The molecule has 4 N–H and O–H groups in total. The van der Waals surface area contributed by atoms with E-state index in [1.165, 1.54) is 18.3 Å². The van der Waals surface area contributed by atoms with E-state index in [0.717, 1.165) is 24.1 Å². The number of nitrogens with zero attached hydrogens (tertiary/aromatic N) is 3. The molecule has 194 valence electrons. The molecule has 1 fully saturated rings. The highest BCUT2D eigenvalue weighted by Gasteiger charge is 2.38. The van der Waals surface area contributed by atoms with E-state index in [4.69, 9.17) is 11.6 Å². The Morgan fingerprint density at radius 2 is 1.97 bits per heavy atom. The smallest absolute Gasteiger partial charge is 0.229 e. The summed E-state index contributed by atoms with van der Waals surface area (Å²) >= 11 is 6.69. The standard InChI is InChI=1S/C27H28BClFN7O/c1-26(2,3)25(38)33-23-15(12-31)13-32-24-20(23)10-18(11-21(24)29)34-27(28,16-4-6-17(30)7-5-16)22-14-37(36-35-22)19-8-9-19/h4-7,10-11,13-14,19,34-36H,8-9,28H2,1-3H3,(H,32,33,38). The third kappa shape index (κ3) is 4.87. The summed E-state index contributed by atoms with van der Waals surface area (Å²) in [5.41, 5.74) is 8.29. The van der Waals surface area contributed by atoms with E-state index >= 15 is 0 Å². The van der Waals surface area contributed by atoms with Crippen LogP contribution in [0.4, 0.5) is 15.8 Å². The Labute approximate surface area is 226 Å². The third-order valence-electron chi connectivity index (χ3n) is 6.85. The number of nitriles is 1. The van der Waals surface area contributed by atoms with Crippen LogP contribution >= 0.6 is 11.6 Å². The Morgan fingerprint density at radius 3 is 2.61 bits per heavy atom. The maximum absolute atomic E-state index is 13.8. The highest BCUT2D eigenvalue weighted by molar-refractivity contribution is 6.36. The number of carbonyl (C=O) groups excluding carboxylic acids is 1. The van der Waals surface area contributed by atoms with Crippen LogP contribution in [0, 0.1) is 22.6 Å². The number of hydrogen-bond donors (Lipinski definition) is 4. The summed E-state index contributed by atoms with van der Waals surface area (Å²) in [6.07, 6.45) is 5.64. The van der Waals surface area contributed by atoms with E-state index in [9.17, 15) is 14.4 Å². The summed E-state index contributed by atoms with van der Waals surface area (Å²) in [4.78, 5) is 17.3. The number of hydrogen-bond acceptors (Lipinski definition) is 7. The molecule has 1 saturated carbocycles. The molecule has 2 aromatic carbocycles. The number of pyridine rings is 1. The van der Waals surface area contributed by atoms with Gasteiger partial charge >= 0.3 is 0 Å². The lowest BCUT2D eigenvalue weighted by atomic mass is 9.69. The average molecular weight is 532 g/mol. The fourth-order valence-corrected chi connectivity index (χ4v) is 4.62. The molecule has 2 aliphatic rings. The molecule has 3 aromatic rings. The molecular weight excluding hydrogens is 504 g/mol. The van der Waals surface area contributed by atoms with E-state index in [2.05, 4.69) is 32.6 Å². The van der Waals surface area contributed by atoms with E-state index in [1.54, 1.807) is 39.0 Å². The van der Waals surface area contributed by atoms with Crippen LogP contribution in [0.2, 0.25) is 5.02 Å². The Morgan fingerprint density at radius 1 is 1.26 bits per heavy atom. The number of halogens is 2. The van der Waals surface area contributed by atoms with Crippen molar-refractivity contribution in [1.29, 1.82) is 5.26 Å². The number of anilines is 2. The molecule has 1 aliphatic carbocycles. The van der Waals surface area contributed by atoms with Crippen molar-refractivity contribution in [2.24, 2.45) is 5.41 Å². The average Bonchev–Trinajstić information content (AvgIpc) is 3.59. The van der Waals surface area contributed by atoms with Gasteiger partial charge in [-0.1, -0.05) is 44.5 Å². The number of benzene rings is 2. The van der Waals surface area contributed by atoms with Gasteiger partial charge in [0.25, 0.3) is 0 Å². The van der Waals surface area contributed by atoms with Crippen LogP contribution in [0.3, 0.4) is 0 Å². The van der Waals surface area contributed by atoms with Gasteiger partial charge in [-0.05, 0) is 42.7 Å². The van der Waals surface area contributed by atoms with Crippen LogP contribution in [-0.2, 0) is 10.2 Å². The SMILES string of the molecule is BC(Nc1cc(Cl)c2ncc(C#N)c(NC(=O)C(C)(C)C)c2c1)(C1=CN(C2CC2)NN1)c1ccc(F)cc1. The van der Waals surface area contributed by atoms with Gasteiger partial charge in [-0.2, -0.15) is 5.26 Å². The normalized spacial score (nSPS) is 16.8. The largest absolute Gasteiger partial charge is 0.378 e. The second-order valence-corrected chi connectivity index (χ2v) is 11.3. The van der Waals surface area contributed by atoms with Crippen molar-refractivity contribution in [2.75, 3.05) is 10.6 Å². The van der Waals surface area contributed by atoms with Gasteiger partial charge in [0.15, 0.2) is 0 Å². The number of aromatic nitrogens is 1. The zero-order valence-electron chi connectivity index (χ0n) is 21.6.